The first-order valence-electron chi connectivity index (χ1n) is 9.01. The van der Waals surface area contributed by atoms with Crippen LogP contribution in [0.4, 0.5) is 10.5 Å². The molecule has 1 N–H and O–H groups in total. The van der Waals surface area contributed by atoms with Crippen molar-refractivity contribution in [3.63, 3.8) is 0 Å². The van der Waals surface area contributed by atoms with Crippen molar-refractivity contribution in [1.29, 1.82) is 0 Å². The number of anilines is 1. The molecule has 26 heavy (non-hydrogen) atoms. The number of likely N-dealkylation sites (N-methyl/N-ethyl adjacent to an activating group) is 1. The lowest BCUT2D eigenvalue weighted by Crippen LogP contribution is -2.60. The van der Waals surface area contributed by atoms with Crippen LogP contribution >= 0.6 is 11.3 Å². The van der Waals surface area contributed by atoms with Crippen molar-refractivity contribution in [3.8, 4) is 11.3 Å². The summed E-state index contributed by atoms with van der Waals surface area (Å²) in [6.07, 6.45) is 1.12. The highest BCUT2D eigenvalue weighted by Crippen LogP contribution is 2.29. The molecule has 4 rings (SSSR count). The third-order valence-corrected chi connectivity index (χ3v) is 5.99. The van der Waals surface area contributed by atoms with Gasteiger partial charge in [0.2, 0.25) is 0 Å². The molecule has 2 aliphatic rings. The van der Waals surface area contributed by atoms with Gasteiger partial charge in [-0.2, -0.15) is 0 Å². The van der Waals surface area contributed by atoms with E-state index in [1.54, 1.807) is 11.3 Å². The first kappa shape index (κ1) is 17.5. The Balaban J connectivity index is 1.49. The van der Waals surface area contributed by atoms with Crippen molar-refractivity contribution in [2.45, 2.75) is 25.5 Å². The Morgan fingerprint density at radius 3 is 3.00 bits per heavy atom. The number of hydrogen-bond acceptors (Lipinski definition) is 5. The molecule has 138 valence electrons. The molecule has 0 bridgehead atoms. The zero-order chi connectivity index (χ0) is 18.1. The summed E-state index contributed by atoms with van der Waals surface area (Å²) < 4.78 is 5.87. The number of aromatic nitrogens is 1. The topological polar surface area (TPSA) is 57.7 Å². The molecule has 7 heteroatoms. The smallest absolute Gasteiger partial charge is 0.321 e. The van der Waals surface area contributed by atoms with E-state index < -0.39 is 0 Å². The average molecular weight is 372 g/mol. The largest absolute Gasteiger partial charge is 0.375 e. The zero-order valence-electron chi connectivity index (χ0n) is 15.1. The number of piperidine rings is 1. The summed E-state index contributed by atoms with van der Waals surface area (Å²) in [4.78, 5) is 21.6. The number of fused-ring (bicyclic) bond motifs is 1. The third-order valence-electron chi connectivity index (χ3n) is 5.21. The summed E-state index contributed by atoms with van der Waals surface area (Å²) in [5, 5.41) is 6.14. The van der Waals surface area contributed by atoms with Crippen LogP contribution in [0.2, 0.25) is 0 Å². The van der Waals surface area contributed by atoms with Crippen molar-refractivity contribution in [3.05, 3.63) is 34.7 Å². The van der Waals surface area contributed by atoms with E-state index in [1.165, 1.54) is 0 Å². The number of aryl methyl sites for hydroxylation is 1. The van der Waals surface area contributed by atoms with Crippen LogP contribution in [0.1, 0.15) is 11.4 Å². The Labute approximate surface area is 157 Å². The van der Waals surface area contributed by atoms with Gasteiger partial charge < -0.3 is 15.0 Å². The van der Waals surface area contributed by atoms with Crippen molar-refractivity contribution in [1.82, 2.24) is 14.8 Å². The van der Waals surface area contributed by atoms with Gasteiger partial charge in [0.25, 0.3) is 0 Å². The number of hydrogen-bond donors (Lipinski definition) is 1. The number of benzene rings is 1. The van der Waals surface area contributed by atoms with E-state index >= 15 is 0 Å². The number of urea groups is 1. The van der Waals surface area contributed by atoms with Gasteiger partial charge in [0.1, 0.15) is 0 Å². The first-order valence-corrected chi connectivity index (χ1v) is 9.89. The molecule has 2 saturated heterocycles. The summed E-state index contributed by atoms with van der Waals surface area (Å²) >= 11 is 1.61. The van der Waals surface area contributed by atoms with Gasteiger partial charge in [0.15, 0.2) is 0 Å². The standard InChI is InChI=1S/C19H24N4O2S/c1-13-20-16(12-26-13)14-5-3-4-6-15(14)21-19(24)23-8-7-18-17(11-23)22(2)9-10-25-18/h3-6,12,17-18H,7-11H2,1-2H3,(H,21,24)/t17-,18+/m0/s1. The Hall–Kier alpha value is -1.96. The number of rotatable bonds is 2. The molecule has 1 aromatic heterocycles. The number of carbonyl (C=O) groups excluding carboxylic acids is 1. The number of amides is 2. The summed E-state index contributed by atoms with van der Waals surface area (Å²) in [5.41, 5.74) is 2.67. The molecule has 2 amide bonds. The minimum Gasteiger partial charge on any atom is -0.375 e. The molecule has 2 atom stereocenters. The summed E-state index contributed by atoms with van der Waals surface area (Å²) in [7, 11) is 2.11. The lowest BCUT2D eigenvalue weighted by atomic mass is 9.99. The first-order chi connectivity index (χ1) is 12.6. The van der Waals surface area contributed by atoms with Crippen LogP contribution in [-0.4, -0.2) is 66.2 Å². The van der Waals surface area contributed by atoms with E-state index in [4.69, 9.17) is 4.74 Å². The van der Waals surface area contributed by atoms with E-state index in [0.29, 0.717) is 6.54 Å². The Bertz CT molecular complexity index is 793. The fourth-order valence-corrected chi connectivity index (χ4v) is 4.34. The quantitative estimate of drug-likeness (QED) is 0.880. The van der Waals surface area contributed by atoms with Gasteiger partial charge >= 0.3 is 6.03 Å². The van der Waals surface area contributed by atoms with Crippen LogP contribution in [0, 0.1) is 6.92 Å². The number of morpholine rings is 1. The van der Waals surface area contributed by atoms with Crippen LogP contribution in [0.15, 0.2) is 29.6 Å². The van der Waals surface area contributed by atoms with Crippen LogP contribution in [-0.2, 0) is 4.74 Å². The minimum absolute atomic E-state index is 0.0539. The van der Waals surface area contributed by atoms with E-state index in [1.807, 2.05) is 41.5 Å². The number of nitrogens with one attached hydrogen (secondary N) is 1. The second-order valence-electron chi connectivity index (χ2n) is 6.92. The van der Waals surface area contributed by atoms with Gasteiger partial charge in [-0.05, 0) is 26.5 Å². The van der Waals surface area contributed by atoms with Crippen LogP contribution in [0.25, 0.3) is 11.3 Å². The Morgan fingerprint density at radius 2 is 2.19 bits per heavy atom. The van der Waals surface area contributed by atoms with Gasteiger partial charge in [0.05, 0.1) is 35.1 Å². The third kappa shape index (κ3) is 3.47. The van der Waals surface area contributed by atoms with E-state index in [9.17, 15) is 4.79 Å². The normalized spacial score (nSPS) is 23.5. The average Bonchev–Trinajstić information content (AvgIpc) is 3.08. The number of nitrogens with zero attached hydrogens (tertiary/aromatic N) is 3. The molecule has 0 aliphatic carbocycles. The monoisotopic (exact) mass is 372 g/mol. The summed E-state index contributed by atoms with van der Waals surface area (Å²) in [5.74, 6) is 0. The Kier molecular flexibility index (Phi) is 4.93. The van der Waals surface area contributed by atoms with Crippen LogP contribution in [0.5, 0.6) is 0 Å². The SMILES string of the molecule is Cc1nc(-c2ccccc2NC(=O)N2CC[C@H]3OCCN(C)[C@H]3C2)cs1. The minimum atomic E-state index is -0.0539. The second-order valence-corrected chi connectivity index (χ2v) is 7.98. The predicted octanol–water partition coefficient (Wildman–Crippen LogP) is 3.06. The van der Waals surface area contributed by atoms with Crippen molar-refractivity contribution >= 4 is 23.1 Å². The number of ether oxygens (including phenoxy) is 1. The maximum absolute atomic E-state index is 12.9. The van der Waals surface area contributed by atoms with Crippen LogP contribution < -0.4 is 5.32 Å². The molecule has 2 aliphatic heterocycles. The fourth-order valence-electron chi connectivity index (χ4n) is 3.72. The van der Waals surface area contributed by atoms with Crippen molar-refractivity contribution in [2.75, 3.05) is 38.6 Å². The molecule has 6 nitrogen and oxygen atoms in total. The lowest BCUT2D eigenvalue weighted by molar-refractivity contribution is -0.0875. The molecular weight excluding hydrogens is 348 g/mol. The van der Waals surface area contributed by atoms with Gasteiger partial charge in [-0.3, -0.25) is 4.90 Å². The predicted molar refractivity (Wildman–Crippen MR) is 104 cm³/mol. The maximum Gasteiger partial charge on any atom is 0.321 e. The maximum atomic E-state index is 12.9. The number of carbonyl (C=O) groups is 1. The van der Waals surface area contributed by atoms with Crippen molar-refractivity contribution in [2.24, 2.45) is 0 Å². The number of likely N-dealkylation sites (tertiary alicyclic amines) is 1. The van der Waals surface area contributed by atoms with Gasteiger partial charge in [0, 0.05) is 30.6 Å². The van der Waals surface area contributed by atoms with Crippen molar-refractivity contribution < 1.29 is 9.53 Å². The molecule has 2 aromatic rings. The van der Waals surface area contributed by atoms with E-state index in [0.717, 1.165) is 48.1 Å². The molecule has 0 spiro atoms. The van der Waals surface area contributed by atoms with E-state index in [2.05, 4.69) is 22.2 Å². The molecule has 1 aromatic carbocycles. The molecule has 0 saturated carbocycles. The summed E-state index contributed by atoms with van der Waals surface area (Å²) in [6, 6.07) is 8.07. The highest BCUT2D eigenvalue weighted by molar-refractivity contribution is 7.09. The van der Waals surface area contributed by atoms with Gasteiger partial charge in [-0.25, -0.2) is 9.78 Å². The summed E-state index contributed by atoms with van der Waals surface area (Å²) in [6.45, 7) is 5.11. The number of para-hydroxylation sites is 1. The van der Waals surface area contributed by atoms with Gasteiger partial charge in [-0.15, -0.1) is 11.3 Å². The fraction of sp³-hybridized carbons (Fsp3) is 0.474. The van der Waals surface area contributed by atoms with Gasteiger partial charge in [-0.1, -0.05) is 18.2 Å². The molecular formula is C19H24N4O2S. The van der Waals surface area contributed by atoms with Crippen LogP contribution in [0.3, 0.4) is 0 Å². The lowest BCUT2D eigenvalue weighted by Gasteiger charge is -2.45. The highest BCUT2D eigenvalue weighted by atomic mass is 32.1. The molecule has 2 fully saturated rings. The highest BCUT2D eigenvalue weighted by Gasteiger charge is 2.37. The molecule has 0 unspecified atom stereocenters. The Morgan fingerprint density at radius 1 is 1.35 bits per heavy atom. The number of thiazole rings is 1. The molecule has 3 heterocycles. The van der Waals surface area contributed by atoms with E-state index in [-0.39, 0.29) is 18.2 Å². The second kappa shape index (κ2) is 7.34. The molecule has 0 radical (unpaired) electrons. The zero-order valence-corrected chi connectivity index (χ0v) is 16.0.